The van der Waals surface area contributed by atoms with E-state index in [2.05, 4.69) is 4.98 Å². The van der Waals surface area contributed by atoms with Crippen LogP contribution in [0.25, 0.3) is 11.3 Å². The van der Waals surface area contributed by atoms with E-state index in [1.54, 1.807) is 0 Å². The van der Waals surface area contributed by atoms with Gasteiger partial charge in [-0.2, -0.15) is 0 Å². The third-order valence-corrected chi connectivity index (χ3v) is 4.34. The average molecular weight is 291 g/mol. The van der Waals surface area contributed by atoms with E-state index in [1.165, 1.54) is 25.3 Å². The first-order valence-electron chi connectivity index (χ1n) is 7.35. The summed E-state index contributed by atoms with van der Waals surface area (Å²) in [7, 11) is 1.88. The predicted octanol–water partition coefficient (Wildman–Crippen LogP) is 4.00. The molecule has 0 saturated heterocycles. The lowest BCUT2D eigenvalue weighted by molar-refractivity contribution is 0.422. The van der Waals surface area contributed by atoms with E-state index in [1.807, 2.05) is 11.6 Å². The fraction of sp³-hybridized carbons (Fsp3) is 0.438. The molecule has 1 heterocycles. The van der Waals surface area contributed by atoms with E-state index in [4.69, 9.17) is 5.73 Å². The predicted molar refractivity (Wildman–Crippen MR) is 78.8 cm³/mol. The van der Waals surface area contributed by atoms with Crippen LogP contribution in [0.4, 0.5) is 14.6 Å². The maximum absolute atomic E-state index is 13.4. The molecule has 2 N–H and O–H groups in total. The summed E-state index contributed by atoms with van der Waals surface area (Å²) in [6, 6.07) is 3.78. The first-order chi connectivity index (χ1) is 10.1. The van der Waals surface area contributed by atoms with Crippen molar-refractivity contribution in [1.29, 1.82) is 0 Å². The number of hydrogen-bond acceptors (Lipinski definition) is 2. The number of halogens is 2. The summed E-state index contributed by atoms with van der Waals surface area (Å²) in [4.78, 5) is 4.62. The summed E-state index contributed by atoms with van der Waals surface area (Å²) in [5.41, 5.74) is 7.17. The fourth-order valence-electron chi connectivity index (χ4n) is 3.11. The van der Waals surface area contributed by atoms with Crippen molar-refractivity contribution in [1.82, 2.24) is 9.55 Å². The lowest BCUT2D eigenvalue weighted by Gasteiger charge is -2.21. The minimum absolute atomic E-state index is 0.407. The second-order valence-electron chi connectivity index (χ2n) is 5.73. The molecular weight excluding hydrogens is 272 g/mol. The molecule has 0 bridgehead atoms. The summed E-state index contributed by atoms with van der Waals surface area (Å²) in [6.45, 7) is 0. The quantitative estimate of drug-likeness (QED) is 0.909. The van der Waals surface area contributed by atoms with Crippen molar-refractivity contribution in [2.75, 3.05) is 5.73 Å². The van der Waals surface area contributed by atoms with E-state index in [0.717, 1.165) is 30.8 Å². The largest absolute Gasteiger partial charge is 0.383 e. The van der Waals surface area contributed by atoms with Crippen LogP contribution in [0, 0.1) is 11.6 Å². The molecule has 3 rings (SSSR count). The number of rotatable bonds is 2. The normalized spacial score (nSPS) is 16.3. The Morgan fingerprint density at radius 1 is 1.14 bits per heavy atom. The molecule has 1 aliphatic carbocycles. The van der Waals surface area contributed by atoms with Crippen LogP contribution >= 0.6 is 0 Å². The summed E-state index contributed by atoms with van der Waals surface area (Å²) < 4.78 is 28.3. The Bertz CT molecular complexity index is 658. The lowest BCUT2D eigenvalue weighted by Crippen LogP contribution is -2.11. The maximum Gasteiger partial charge on any atom is 0.159 e. The number of nitrogens with two attached hydrogens (primary N) is 1. The number of nitrogen functional groups attached to an aromatic ring is 1. The monoisotopic (exact) mass is 291 g/mol. The summed E-state index contributed by atoms with van der Waals surface area (Å²) in [6.07, 6.45) is 5.91. The van der Waals surface area contributed by atoms with Crippen molar-refractivity contribution in [3.8, 4) is 11.3 Å². The first-order valence-corrected chi connectivity index (χ1v) is 7.35. The standard InChI is InChI=1S/C16H19F2N3/c1-21-15(19)14(11-7-8-12(17)13(18)9-11)20-16(21)10-5-3-2-4-6-10/h7-10H,2-6,19H2,1H3. The molecule has 1 fully saturated rings. The van der Waals surface area contributed by atoms with Crippen LogP contribution in [-0.4, -0.2) is 9.55 Å². The molecule has 5 heteroatoms. The third kappa shape index (κ3) is 2.52. The van der Waals surface area contributed by atoms with Crippen LogP contribution in [0.5, 0.6) is 0 Å². The van der Waals surface area contributed by atoms with E-state index in [9.17, 15) is 8.78 Å². The van der Waals surface area contributed by atoms with Gasteiger partial charge in [0.2, 0.25) is 0 Å². The van der Waals surface area contributed by atoms with E-state index >= 15 is 0 Å². The SMILES string of the molecule is Cn1c(C2CCCCC2)nc(-c2ccc(F)c(F)c2)c1N. The number of anilines is 1. The highest BCUT2D eigenvalue weighted by Crippen LogP contribution is 2.36. The van der Waals surface area contributed by atoms with Gasteiger partial charge < -0.3 is 10.3 Å². The molecule has 0 radical (unpaired) electrons. The van der Waals surface area contributed by atoms with Gasteiger partial charge in [-0.1, -0.05) is 19.3 Å². The summed E-state index contributed by atoms with van der Waals surface area (Å²) in [5.74, 6) is 0.121. The minimum Gasteiger partial charge on any atom is -0.383 e. The summed E-state index contributed by atoms with van der Waals surface area (Å²) >= 11 is 0. The molecule has 21 heavy (non-hydrogen) atoms. The second kappa shape index (κ2) is 5.47. The van der Waals surface area contributed by atoms with Gasteiger partial charge in [0.05, 0.1) is 0 Å². The van der Waals surface area contributed by atoms with Crippen LogP contribution in [0.15, 0.2) is 18.2 Å². The van der Waals surface area contributed by atoms with Gasteiger partial charge in [0, 0.05) is 18.5 Å². The number of benzene rings is 1. The zero-order chi connectivity index (χ0) is 15.0. The van der Waals surface area contributed by atoms with Crippen molar-refractivity contribution in [3.05, 3.63) is 35.7 Å². The topological polar surface area (TPSA) is 43.8 Å². The van der Waals surface area contributed by atoms with Crippen molar-refractivity contribution >= 4 is 5.82 Å². The zero-order valence-electron chi connectivity index (χ0n) is 12.1. The molecule has 1 aliphatic rings. The van der Waals surface area contributed by atoms with E-state index < -0.39 is 11.6 Å². The second-order valence-corrected chi connectivity index (χ2v) is 5.73. The Morgan fingerprint density at radius 2 is 1.86 bits per heavy atom. The van der Waals surface area contributed by atoms with Crippen LogP contribution in [0.3, 0.4) is 0 Å². The van der Waals surface area contributed by atoms with Crippen LogP contribution in [0.2, 0.25) is 0 Å². The molecule has 3 nitrogen and oxygen atoms in total. The Hall–Kier alpha value is -1.91. The molecule has 112 valence electrons. The highest BCUT2D eigenvalue weighted by atomic mass is 19.2. The molecule has 1 saturated carbocycles. The maximum atomic E-state index is 13.4. The Morgan fingerprint density at radius 3 is 2.52 bits per heavy atom. The van der Waals surface area contributed by atoms with Crippen molar-refractivity contribution < 1.29 is 8.78 Å². The third-order valence-electron chi connectivity index (χ3n) is 4.34. The molecule has 0 amide bonds. The van der Waals surface area contributed by atoms with E-state index in [0.29, 0.717) is 23.0 Å². The highest BCUT2D eigenvalue weighted by molar-refractivity contribution is 5.71. The number of nitrogens with zero attached hydrogens (tertiary/aromatic N) is 2. The van der Waals surface area contributed by atoms with Gasteiger partial charge in [-0.05, 0) is 31.0 Å². The Labute approximate surface area is 122 Å². The molecule has 0 atom stereocenters. The fourth-order valence-corrected chi connectivity index (χ4v) is 3.11. The Balaban J connectivity index is 2.01. The molecule has 1 aromatic carbocycles. The van der Waals surface area contributed by atoms with Gasteiger partial charge in [-0.3, -0.25) is 0 Å². The van der Waals surface area contributed by atoms with Gasteiger partial charge in [0.15, 0.2) is 11.6 Å². The number of imidazole rings is 1. The first kappa shape index (κ1) is 14.0. The molecule has 2 aromatic rings. The molecule has 1 aromatic heterocycles. The number of aromatic nitrogens is 2. The van der Waals surface area contributed by atoms with E-state index in [-0.39, 0.29) is 0 Å². The molecule has 0 spiro atoms. The lowest BCUT2D eigenvalue weighted by atomic mass is 9.89. The van der Waals surface area contributed by atoms with Gasteiger partial charge in [-0.15, -0.1) is 0 Å². The van der Waals surface area contributed by atoms with Crippen LogP contribution in [0.1, 0.15) is 43.8 Å². The highest BCUT2D eigenvalue weighted by Gasteiger charge is 2.23. The van der Waals surface area contributed by atoms with Crippen molar-refractivity contribution in [3.63, 3.8) is 0 Å². The molecule has 0 aliphatic heterocycles. The van der Waals surface area contributed by atoms with Crippen molar-refractivity contribution in [2.24, 2.45) is 7.05 Å². The average Bonchev–Trinajstić information content (AvgIpc) is 2.79. The number of hydrogen-bond donors (Lipinski definition) is 1. The minimum atomic E-state index is -0.878. The zero-order valence-corrected chi connectivity index (χ0v) is 12.1. The Kier molecular flexibility index (Phi) is 3.66. The molecular formula is C16H19F2N3. The smallest absolute Gasteiger partial charge is 0.159 e. The van der Waals surface area contributed by atoms with Crippen LogP contribution < -0.4 is 5.73 Å². The van der Waals surface area contributed by atoms with Gasteiger partial charge in [0.1, 0.15) is 17.3 Å². The summed E-state index contributed by atoms with van der Waals surface area (Å²) in [5, 5.41) is 0. The van der Waals surface area contributed by atoms with Gasteiger partial charge in [-0.25, -0.2) is 13.8 Å². The van der Waals surface area contributed by atoms with Crippen molar-refractivity contribution in [2.45, 2.75) is 38.0 Å². The van der Waals surface area contributed by atoms with Crippen LogP contribution in [-0.2, 0) is 7.05 Å². The molecule has 0 unspecified atom stereocenters. The van der Waals surface area contributed by atoms with Gasteiger partial charge in [0.25, 0.3) is 0 Å². The van der Waals surface area contributed by atoms with Gasteiger partial charge >= 0.3 is 0 Å².